The Kier molecular flexibility index (Phi) is 7.99. The predicted octanol–water partition coefficient (Wildman–Crippen LogP) is 3.54. The molecule has 1 amide bonds. The van der Waals surface area contributed by atoms with Crippen LogP contribution in [0.3, 0.4) is 0 Å². The molecule has 35 heavy (non-hydrogen) atoms. The van der Waals surface area contributed by atoms with Crippen LogP contribution in [0, 0.1) is 5.82 Å². The standard InChI is InChI=1S/C27H30AsFN4O2/c1-17(27(35)28-25-16-24(31-32-25)18-9-10-18)19-6-4-7-20(14-19)22-12-11-21(15-23(22)29)30-26(34)8-5-13-33(2)3/h4-8,11-12,14-18,28H,9-10,13H2,1-3H3,(H,30,34)(H,31,32)/b8-5+. The summed E-state index contributed by atoms with van der Waals surface area (Å²) >= 11 is -1.03. The van der Waals surface area contributed by atoms with Gasteiger partial charge in [0.2, 0.25) is 0 Å². The predicted molar refractivity (Wildman–Crippen MR) is 139 cm³/mol. The van der Waals surface area contributed by atoms with Gasteiger partial charge in [-0.25, -0.2) is 0 Å². The maximum absolute atomic E-state index is 14.9. The van der Waals surface area contributed by atoms with Crippen LogP contribution in [0.25, 0.3) is 11.1 Å². The Hall–Kier alpha value is -3.02. The van der Waals surface area contributed by atoms with Gasteiger partial charge in [0.25, 0.3) is 0 Å². The molecule has 0 radical (unpaired) electrons. The monoisotopic (exact) mass is 536 g/mol. The summed E-state index contributed by atoms with van der Waals surface area (Å²) in [6.45, 7) is 2.54. The molecule has 8 heteroatoms. The minimum absolute atomic E-state index is 0.192. The third-order valence-corrected chi connectivity index (χ3v) is 8.43. The molecule has 2 atom stereocenters. The molecule has 182 valence electrons. The second-order valence-corrected chi connectivity index (χ2v) is 11.8. The number of likely N-dealkylation sites (N-methyl/N-ethyl adjacent to an activating group) is 1. The zero-order chi connectivity index (χ0) is 24.9. The Balaban J connectivity index is 1.43. The summed E-state index contributed by atoms with van der Waals surface area (Å²) in [5.41, 5.74) is 3.51. The summed E-state index contributed by atoms with van der Waals surface area (Å²) in [6.07, 6.45) is 5.56. The number of hydrogen-bond acceptors (Lipinski definition) is 4. The van der Waals surface area contributed by atoms with E-state index in [2.05, 4.69) is 15.5 Å². The van der Waals surface area contributed by atoms with Crippen molar-refractivity contribution in [2.45, 2.75) is 31.6 Å². The Bertz CT molecular complexity index is 1250. The zero-order valence-corrected chi connectivity index (χ0v) is 22.2. The summed E-state index contributed by atoms with van der Waals surface area (Å²) in [5.74, 6) is -0.445. The van der Waals surface area contributed by atoms with Crippen molar-refractivity contribution < 1.29 is 14.0 Å². The van der Waals surface area contributed by atoms with E-state index in [1.165, 1.54) is 25.0 Å². The quantitative estimate of drug-likeness (QED) is 0.307. The average Bonchev–Trinajstić information content (AvgIpc) is 3.57. The van der Waals surface area contributed by atoms with E-state index >= 15 is 0 Å². The fraction of sp³-hybridized carbons (Fsp3) is 0.296. The van der Waals surface area contributed by atoms with E-state index in [9.17, 15) is 14.0 Å². The van der Waals surface area contributed by atoms with Gasteiger partial charge in [0.15, 0.2) is 0 Å². The van der Waals surface area contributed by atoms with Crippen molar-refractivity contribution in [1.82, 2.24) is 15.1 Å². The number of hydrogen-bond donors (Lipinski definition) is 2. The number of carbonyl (C=O) groups excluding carboxylic acids is 2. The molecule has 1 aromatic heterocycles. The molecule has 0 saturated heterocycles. The number of aromatic nitrogens is 2. The summed E-state index contributed by atoms with van der Waals surface area (Å²) in [6, 6.07) is 14.1. The molecule has 0 aliphatic heterocycles. The van der Waals surface area contributed by atoms with Crippen LogP contribution in [-0.2, 0) is 9.59 Å². The van der Waals surface area contributed by atoms with Crippen molar-refractivity contribution in [2.75, 3.05) is 26.0 Å². The van der Waals surface area contributed by atoms with E-state index < -0.39 is 21.6 Å². The van der Waals surface area contributed by atoms with Crippen molar-refractivity contribution in [3.63, 3.8) is 0 Å². The number of nitrogens with one attached hydrogen (secondary N) is 2. The van der Waals surface area contributed by atoms with Crippen molar-refractivity contribution in [3.05, 3.63) is 77.8 Å². The number of halogens is 1. The molecule has 0 spiro atoms. The first-order valence-corrected chi connectivity index (χ1v) is 13.8. The third-order valence-electron chi connectivity index (χ3n) is 5.93. The van der Waals surface area contributed by atoms with Gasteiger partial charge in [0, 0.05) is 6.54 Å². The number of rotatable bonds is 10. The van der Waals surface area contributed by atoms with Gasteiger partial charge in [-0.05, 0) is 14.1 Å². The summed E-state index contributed by atoms with van der Waals surface area (Å²) in [5, 5.41) is 10.1. The Morgan fingerprint density at radius 3 is 2.74 bits per heavy atom. The van der Waals surface area contributed by atoms with E-state index in [-0.39, 0.29) is 16.4 Å². The zero-order valence-electron chi connectivity index (χ0n) is 20.1. The summed E-state index contributed by atoms with van der Waals surface area (Å²) in [7, 11) is 3.82. The third kappa shape index (κ3) is 6.77. The minimum atomic E-state index is -1.03. The van der Waals surface area contributed by atoms with Gasteiger partial charge in [-0.2, -0.15) is 0 Å². The second-order valence-electron chi connectivity index (χ2n) is 9.17. The topological polar surface area (TPSA) is 78.1 Å². The summed E-state index contributed by atoms with van der Waals surface area (Å²) in [4.78, 5) is 26.9. The number of nitrogens with zero attached hydrogens (tertiary/aromatic N) is 2. The molecular weight excluding hydrogens is 506 g/mol. The molecular formula is C27H30AsFN4O2. The van der Waals surface area contributed by atoms with E-state index in [1.54, 1.807) is 18.2 Å². The van der Waals surface area contributed by atoms with Crippen LogP contribution in [-0.4, -0.2) is 62.0 Å². The molecule has 3 aromatic rings. The van der Waals surface area contributed by atoms with Gasteiger partial charge < -0.3 is 4.90 Å². The fourth-order valence-corrected chi connectivity index (χ4v) is 5.79. The normalized spacial score (nSPS) is 14.8. The molecule has 0 bridgehead atoms. The van der Waals surface area contributed by atoms with Crippen LogP contribution in [0.1, 0.15) is 42.9 Å². The molecule has 1 fully saturated rings. The van der Waals surface area contributed by atoms with Crippen molar-refractivity contribution in [2.24, 2.45) is 0 Å². The molecule has 1 saturated carbocycles. The maximum atomic E-state index is 14.9. The number of aromatic amines is 1. The van der Waals surface area contributed by atoms with E-state index in [4.69, 9.17) is 0 Å². The van der Waals surface area contributed by atoms with Gasteiger partial charge in [-0.15, -0.1) is 0 Å². The molecule has 2 N–H and O–H groups in total. The van der Waals surface area contributed by atoms with Gasteiger partial charge in [-0.3, -0.25) is 0 Å². The Morgan fingerprint density at radius 1 is 1.23 bits per heavy atom. The molecule has 1 aliphatic rings. The van der Waals surface area contributed by atoms with Gasteiger partial charge in [-0.1, -0.05) is 6.08 Å². The Labute approximate surface area is 211 Å². The molecule has 1 aliphatic carbocycles. The Morgan fingerprint density at radius 2 is 2.03 bits per heavy atom. The van der Waals surface area contributed by atoms with Crippen LogP contribution >= 0.6 is 0 Å². The second kappa shape index (κ2) is 11.1. The molecule has 2 unspecified atom stereocenters. The number of H-pyrrole nitrogens is 1. The molecule has 2 aromatic carbocycles. The van der Waals surface area contributed by atoms with Crippen LogP contribution in [0.4, 0.5) is 10.1 Å². The number of carbonyl (C=O) groups is 2. The first kappa shape index (κ1) is 25.1. The van der Waals surface area contributed by atoms with E-state index in [1.807, 2.05) is 56.3 Å². The number of anilines is 1. The van der Waals surface area contributed by atoms with Crippen molar-refractivity contribution in [3.8, 4) is 11.1 Å². The van der Waals surface area contributed by atoms with Crippen LogP contribution < -0.4 is 9.80 Å². The van der Waals surface area contributed by atoms with Crippen molar-refractivity contribution >= 4 is 36.4 Å². The summed E-state index contributed by atoms with van der Waals surface area (Å²) < 4.78 is 16.0. The number of benzene rings is 2. The van der Waals surface area contributed by atoms with Crippen molar-refractivity contribution in [1.29, 1.82) is 0 Å². The van der Waals surface area contributed by atoms with Crippen LogP contribution in [0.2, 0.25) is 0 Å². The molecule has 4 rings (SSSR count). The fourth-order valence-electron chi connectivity index (χ4n) is 3.75. The molecule has 1 heterocycles. The van der Waals surface area contributed by atoms with E-state index in [0.717, 1.165) is 15.7 Å². The molecule has 6 nitrogen and oxygen atoms in total. The SMILES string of the molecule is CC(C(=O)[AsH]c1cc(C2CC2)[nH]n1)c1cccc(-c2ccc(NC(=O)/C=C/CN(C)C)cc2F)c1. The van der Waals surface area contributed by atoms with Gasteiger partial charge >= 0.3 is 180 Å². The number of amides is 1. The first-order valence-electron chi connectivity index (χ1n) is 11.7. The average molecular weight is 536 g/mol. The van der Waals surface area contributed by atoms with Gasteiger partial charge in [0.05, 0.1) is 0 Å². The van der Waals surface area contributed by atoms with Crippen LogP contribution in [0.5, 0.6) is 0 Å². The van der Waals surface area contributed by atoms with Crippen LogP contribution in [0.15, 0.2) is 60.7 Å². The van der Waals surface area contributed by atoms with Gasteiger partial charge in [0.1, 0.15) is 0 Å². The first-order chi connectivity index (χ1) is 16.8. The van der Waals surface area contributed by atoms with E-state index in [0.29, 0.717) is 29.3 Å².